The molecular weight excluding hydrogens is 474 g/mol. The molecule has 1 unspecified atom stereocenters. The summed E-state index contributed by atoms with van der Waals surface area (Å²) in [6, 6.07) is -0.340. The minimum atomic E-state index is -0.787. The minimum absolute atomic E-state index is 0.340. The van der Waals surface area contributed by atoms with E-state index in [4.69, 9.17) is 14.2 Å². The van der Waals surface area contributed by atoms with Crippen LogP contribution in [0.25, 0.3) is 5.57 Å². The SMILES string of the molecule is C=CCO/C(C)=C/C=C(\CC)c1nnc(C2COC(C)(C)N2C(=O)OC(C)(C)C)s1.CC.CC.CC. The van der Waals surface area contributed by atoms with E-state index < -0.39 is 17.4 Å². The molecule has 7 nitrogen and oxygen atoms in total. The number of aromatic nitrogens is 2. The van der Waals surface area contributed by atoms with Crippen LogP contribution >= 0.6 is 11.3 Å². The largest absolute Gasteiger partial charge is 0.494 e. The summed E-state index contributed by atoms with van der Waals surface area (Å²) in [6.07, 6.45) is 5.99. The van der Waals surface area contributed by atoms with Crippen molar-refractivity contribution in [3.05, 3.63) is 40.6 Å². The first-order valence-corrected chi connectivity index (χ1v) is 13.9. The Morgan fingerprint density at radius 3 is 2.25 bits per heavy atom. The monoisotopic (exact) mass is 525 g/mol. The van der Waals surface area contributed by atoms with Crippen molar-refractivity contribution in [2.24, 2.45) is 0 Å². The van der Waals surface area contributed by atoms with Gasteiger partial charge in [-0.1, -0.05) is 78.5 Å². The number of allylic oxidation sites excluding steroid dienone is 4. The Balaban J connectivity index is 0. The summed E-state index contributed by atoms with van der Waals surface area (Å²) in [4.78, 5) is 14.5. The molecule has 1 atom stereocenters. The van der Waals surface area contributed by atoms with E-state index in [1.54, 1.807) is 11.0 Å². The fourth-order valence-electron chi connectivity index (χ4n) is 2.94. The van der Waals surface area contributed by atoms with Gasteiger partial charge in [0.25, 0.3) is 0 Å². The van der Waals surface area contributed by atoms with Crippen molar-refractivity contribution in [3.63, 3.8) is 0 Å². The maximum Gasteiger partial charge on any atom is 0.413 e. The van der Waals surface area contributed by atoms with E-state index in [1.165, 1.54) is 11.3 Å². The zero-order valence-corrected chi connectivity index (χ0v) is 25.8. The summed E-state index contributed by atoms with van der Waals surface area (Å²) < 4.78 is 17.0. The zero-order valence-electron chi connectivity index (χ0n) is 25.0. The van der Waals surface area contributed by atoms with Crippen molar-refractivity contribution in [2.75, 3.05) is 13.2 Å². The molecule has 2 rings (SSSR count). The van der Waals surface area contributed by atoms with Crippen molar-refractivity contribution in [3.8, 4) is 0 Å². The van der Waals surface area contributed by atoms with Gasteiger partial charge in [0.1, 0.15) is 34.0 Å². The summed E-state index contributed by atoms with van der Waals surface area (Å²) >= 11 is 1.47. The van der Waals surface area contributed by atoms with Gasteiger partial charge in [0.15, 0.2) is 0 Å². The Morgan fingerprint density at radius 1 is 1.17 bits per heavy atom. The zero-order chi connectivity index (χ0) is 28.5. The molecule has 0 saturated carbocycles. The van der Waals surface area contributed by atoms with Crippen LogP contribution in [0.1, 0.15) is 112 Å². The second-order valence-electron chi connectivity index (χ2n) is 8.49. The lowest BCUT2D eigenvalue weighted by Crippen LogP contribution is -2.47. The Kier molecular flexibility index (Phi) is 18.1. The first-order chi connectivity index (χ1) is 17.0. The first-order valence-electron chi connectivity index (χ1n) is 13.1. The Labute approximate surface area is 224 Å². The number of ether oxygens (including phenoxy) is 3. The molecule has 1 saturated heterocycles. The minimum Gasteiger partial charge on any atom is -0.494 e. The highest BCUT2D eigenvalue weighted by Crippen LogP contribution is 2.39. The fraction of sp³-hybridized carbons (Fsp3) is 0.679. The molecule has 1 aliphatic heterocycles. The maximum absolute atomic E-state index is 12.9. The molecule has 8 heteroatoms. The summed E-state index contributed by atoms with van der Waals surface area (Å²) in [5.41, 5.74) is -0.338. The van der Waals surface area contributed by atoms with Gasteiger partial charge >= 0.3 is 6.09 Å². The van der Waals surface area contributed by atoms with E-state index in [9.17, 15) is 4.79 Å². The molecule has 1 fully saturated rings. The Morgan fingerprint density at radius 2 is 1.75 bits per heavy atom. The molecule has 2 heterocycles. The second kappa shape index (κ2) is 18.1. The lowest BCUT2D eigenvalue weighted by molar-refractivity contribution is -0.0626. The van der Waals surface area contributed by atoms with Gasteiger partial charge in [0.2, 0.25) is 0 Å². The standard InChI is InChI=1S/C22H33N3O4S.3C2H6/c1-9-13-27-15(3)11-12-16(10-2)18-23-24-19(30-18)17-14-28-22(7,8)25(17)20(26)29-21(4,5)6;3*1-2/h9,11-12,17H,1,10,13-14H2,2-8H3;3*1-2H3/b15-11+,16-12+;;;. The summed E-state index contributed by atoms with van der Waals surface area (Å²) in [6.45, 7) is 29.7. The number of rotatable bonds is 7. The molecule has 1 aliphatic rings. The van der Waals surface area contributed by atoms with Gasteiger partial charge in [-0.2, -0.15) is 0 Å². The fourth-order valence-corrected chi connectivity index (χ4v) is 3.95. The van der Waals surface area contributed by atoms with E-state index in [1.807, 2.05) is 95.2 Å². The molecule has 0 aromatic carbocycles. The number of carbonyl (C=O) groups excluding carboxylic acids is 1. The van der Waals surface area contributed by atoms with Crippen molar-refractivity contribution in [1.82, 2.24) is 15.1 Å². The van der Waals surface area contributed by atoms with Crippen LogP contribution in [0.4, 0.5) is 4.79 Å². The molecule has 36 heavy (non-hydrogen) atoms. The highest BCUT2D eigenvalue weighted by Gasteiger charge is 2.47. The molecule has 0 N–H and O–H groups in total. The smallest absolute Gasteiger partial charge is 0.413 e. The predicted molar refractivity (Wildman–Crippen MR) is 153 cm³/mol. The normalized spacial score (nSPS) is 16.9. The van der Waals surface area contributed by atoms with Crippen LogP contribution in [0.2, 0.25) is 0 Å². The van der Waals surface area contributed by atoms with E-state index in [0.717, 1.165) is 27.8 Å². The lowest BCUT2D eigenvalue weighted by atomic mass is 10.2. The molecule has 208 valence electrons. The topological polar surface area (TPSA) is 73.8 Å². The predicted octanol–water partition coefficient (Wildman–Crippen LogP) is 8.56. The highest BCUT2D eigenvalue weighted by molar-refractivity contribution is 7.12. The molecule has 0 radical (unpaired) electrons. The van der Waals surface area contributed by atoms with Gasteiger partial charge < -0.3 is 14.2 Å². The number of hydrogen-bond donors (Lipinski definition) is 0. The van der Waals surface area contributed by atoms with Crippen molar-refractivity contribution < 1.29 is 19.0 Å². The van der Waals surface area contributed by atoms with Gasteiger partial charge in [-0.25, -0.2) is 4.79 Å². The Bertz CT molecular complexity index is 823. The van der Waals surface area contributed by atoms with Crippen LogP contribution in [-0.2, 0) is 14.2 Å². The van der Waals surface area contributed by atoms with E-state index in [2.05, 4.69) is 23.7 Å². The van der Waals surface area contributed by atoms with Crippen LogP contribution in [0.5, 0.6) is 0 Å². The van der Waals surface area contributed by atoms with Crippen molar-refractivity contribution in [1.29, 1.82) is 0 Å². The molecule has 0 bridgehead atoms. The van der Waals surface area contributed by atoms with E-state index in [0.29, 0.717) is 13.2 Å². The third-order valence-electron chi connectivity index (χ3n) is 4.41. The molecule has 0 aliphatic carbocycles. The highest BCUT2D eigenvalue weighted by atomic mass is 32.1. The third kappa shape index (κ3) is 11.7. The Hall–Kier alpha value is -2.19. The van der Waals surface area contributed by atoms with Gasteiger partial charge in [-0.05, 0) is 59.6 Å². The second-order valence-corrected chi connectivity index (χ2v) is 9.50. The molecule has 1 amide bonds. The van der Waals surface area contributed by atoms with Gasteiger partial charge in [0, 0.05) is 0 Å². The van der Waals surface area contributed by atoms with Crippen LogP contribution in [0.15, 0.2) is 30.6 Å². The van der Waals surface area contributed by atoms with Gasteiger partial charge in [-0.3, -0.25) is 4.90 Å². The van der Waals surface area contributed by atoms with E-state index >= 15 is 0 Å². The molecule has 0 spiro atoms. The van der Waals surface area contributed by atoms with Crippen molar-refractivity contribution >= 4 is 23.0 Å². The van der Waals surface area contributed by atoms with Crippen LogP contribution in [-0.4, -0.2) is 45.7 Å². The number of hydrogen-bond acceptors (Lipinski definition) is 7. The van der Waals surface area contributed by atoms with E-state index in [-0.39, 0.29) is 6.04 Å². The van der Waals surface area contributed by atoms with Gasteiger partial charge in [-0.15, -0.1) is 10.2 Å². The average molecular weight is 526 g/mol. The lowest BCUT2D eigenvalue weighted by Gasteiger charge is -2.34. The number of nitrogens with zero attached hydrogens (tertiary/aromatic N) is 3. The van der Waals surface area contributed by atoms with Crippen molar-refractivity contribution in [2.45, 2.75) is 114 Å². The maximum atomic E-state index is 12.9. The summed E-state index contributed by atoms with van der Waals surface area (Å²) in [7, 11) is 0. The van der Waals surface area contributed by atoms with Crippen LogP contribution < -0.4 is 0 Å². The number of carbonyl (C=O) groups is 1. The number of amides is 1. The molecule has 1 aromatic heterocycles. The molecule has 1 aromatic rings. The summed E-state index contributed by atoms with van der Waals surface area (Å²) in [5, 5.41) is 10.3. The van der Waals surface area contributed by atoms with Crippen LogP contribution in [0, 0.1) is 0 Å². The average Bonchev–Trinajstić information content (AvgIpc) is 3.45. The molecular formula is C28H51N3O4S. The first kappa shape index (κ1) is 36.0. The quantitative estimate of drug-likeness (QED) is 0.202. The van der Waals surface area contributed by atoms with Crippen LogP contribution in [0.3, 0.4) is 0 Å². The van der Waals surface area contributed by atoms with Gasteiger partial charge in [0.05, 0.1) is 12.4 Å². The third-order valence-corrected chi connectivity index (χ3v) is 5.51. The summed E-state index contributed by atoms with van der Waals surface area (Å²) in [5.74, 6) is 0.799.